The number of nitrogens with two attached hydrogens (primary N) is 1. The van der Waals surface area contributed by atoms with E-state index in [1.165, 1.54) is 5.56 Å². The Morgan fingerprint density at radius 3 is 3.00 bits per heavy atom. The lowest BCUT2D eigenvalue weighted by Crippen LogP contribution is -2.32. The second-order valence-corrected chi connectivity index (χ2v) is 3.08. The predicted octanol–water partition coefficient (Wildman–Crippen LogP) is 0.795. The Hall–Kier alpha value is -0.970. The molecule has 1 aromatic rings. The summed E-state index contributed by atoms with van der Waals surface area (Å²) in [7, 11) is 1.65. The summed E-state index contributed by atoms with van der Waals surface area (Å²) in [4.78, 5) is 4.32. The Morgan fingerprint density at radius 1 is 1.64 bits per heavy atom. The van der Waals surface area contributed by atoms with Gasteiger partial charge in [-0.15, -0.1) is 0 Å². The van der Waals surface area contributed by atoms with Crippen LogP contribution in [-0.4, -0.2) is 18.7 Å². The molecule has 1 atom stereocenters. The molecule has 4 heteroatoms. The summed E-state index contributed by atoms with van der Waals surface area (Å²) in [6, 6.07) is 3.96. The molecule has 0 saturated carbocycles. The number of hydrazine groups is 1. The summed E-state index contributed by atoms with van der Waals surface area (Å²) in [6.07, 6.45) is 2.72. The van der Waals surface area contributed by atoms with Crippen LogP contribution in [0.2, 0.25) is 0 Å². The molecule has 1 aromatic heterocycles. The van der Waals surface area contributed by atoms with Gasteiger partial charge in [0.25, 0.3) is 0 Å². The maximum Gasteiger partial charge on any atom is 0.0867 e. The van der Waals surface area contributed by atoms with Gasteiger partial charge in [0, 0.05) is 13.3 Å². The minimum Gasteiger partial charge on any atom is -0.383 e. The minimum atomic E-state index is -0.0313. The molecule has 0 saturated heterocycles. The molecule has 3 N–H and O–H groups in total. The van der Waals surface area contributed by atoms with Gasteiger partial charge in [-0.05, 0) is 18.1 Å². The summed E-state index contributed by atoms with van der Waals surface area (Å²) in [5.41, 5.74) is 4.88. The van der Waals surface area contributed by atoms with Crippen LogP contribution in [0, 0.1) is 0 Å². The molecular formula is C10H17N3O. The molecule has 0 aliphatic rings. The Morgan fingerprint density at radius 2 is 2.43 bits per heavy atom. The lowest BCUT2D eigenvalue weighted by Gasteiger charge is -2.16. The summed E-state index contributed by atoms with van der Waals surface area (Å²) < 4.78 is 5.07. The first kappa shape index (κ1) is 11.1. The summed E-state index contributed by atoms with van der Waals surface area (Å²) in [6.45, 7) is 2.63. The van der Waals surface area contributed by atoms with Gasteiger partial charge in [0.1, 0.15) is 0 Å². The maximum atomic E-state index is 5.44. The molecule has 0 amide bonds. The van der Waals surface area contributed by atoms with Crippen LogP contribution in [0.25, 0.3) is 0 Å². The van der Waals surface area contributed by atoms with Crippen LogP contribution < -0.4 is 11.3 Å². The van der Waals surface area contributed by atoms with Gasteiger partial charge in [-0.25, -0.2) is 5.43 Å². The molecule has 0 spiro atoms. The lowest BCUT2D eigenvalue weighted by molar-refractivity contribution is 0.165. The molecule has 78 valence electrons. The van der Waals surface area contributed by atoms with E-state index in [4.69, 9.17) is 10.6 Å². The number of methoxy groups -OCH3 is 1. The van der Waals surface area contributed by atoms with Crippen LogP contribution in [0.5, 0.6) is 0 Å². The fourth-order valence-electron chi connectivity index (χ4n) is 1.44. The Kier molecular flexibility index (Phi) is 4.52. The number of aromatic nitrogens is 1. The van der Waals surface area contributed by atoms with Crippen molar-refractivity contribution in [2.24, 2.45) is 5.84 Å². The van der Waals surface area contributed by atoms with Gasteiger partial charge in [-0.1, -0.05) is 13.0 Å². The molecule has 4 nitrogen and oxygen atoms in total. The van der Waals surface area contributed by atoms with Crippen molar-refractivity contribution in [1.29, 1.82) is 0 Å². The van der Waals surface area contributed by atoms with Crippen LogP contribution in [0.3, 0.4) is 0 Å². The first-order chi connectivity index (χ1) is 6.83. The molecule has 0 fully saturated rings. The highest BCUT2D eigenvalue weighted by atomic mass is 16.5. The molecule has 0 radical (unpaired) electrons. The molecular weight excluding hydrogens is 178 g/mol. The zero-order valence-electron chi connectivity index (χ0n) is 8.66. The van der Waals surface area contributed by atoms with E-state index in [0.29, 0.717) is 6.61 Å². The topological polar surface area (TPSA) is 60.2 Å². The van der Waals surface area contributed by atoms with Crippen LogP contribution in [0.1, 0.15) is 24.2 Å². The van der Waals surface area contributed by atoms with E-state index in [-0.39, 0.29) is 6.04 Å². The summed E-state index contributed by atoms with van der Waals surface area (Å²) >= 11 is 0. The summed E-state index contributed by atoms with van der Waals surface area (Å²) in [5.74, 6) is 5.44. The van der Waals surface area contributed by atoms with Crippen molar-refractivity contribution in [3.8, 4) is 0 Å². The standard InChI is InChI=1S/C10H17N3O/c1-3-8-5-4-6-12-10(8)9(13-11)7-14-2/h4-6,9,13H,3,7,11H2,1-2H3. The Bertz CT molecular complexity index is 278. The van der Waals surface area contributed by atoms with Gasteiger partial charge >= 0.3 is 0 Å². The number of nitrogens with zero attached hydrogens (tertiary/aromatic N) is 1. The van der Waals surface area contributed by atoms with Crippen molar-refractivity contribution in [1.82, 2.24) is 10.4 Å². The van der Waals surface area contributed by atoms with Crippen LogP contribution in [0.15, 0.2) is 18.3 Å². The summed E-state index contributed by atoms with van der Waals surface area (Å²) in [5, 5.41) is 0. The zero-order valence-corrected chi connectivity index (χ0v) is 8.66. The number of hydrogen-bond acceptors (Lipinski definition) is 4. The normalized spacial score (nSPS) is 12.8. The van der Waals surface area contributed by atoms with Gasteiger partial charge in [0.15, 0.2) is 0 Å². The monoisotopic (exact) mass is 195 g/mol. The fraction of sp³-hybridized carbons (Fsp3) is 0.500. The minimum absolute atomic E-state index is 0.0313. The Balaban J connectivity index is 2.90. The van der Waals surface area contributed by atoms with E-state index in [0.717, 1.165) is 12.1 Å². The highest BCUT2D eigenvalue weighted by molar-refractivity contribution is 5.22. The van der Waals surface area contributed by atoms with E-state index in [1.807, 2.05) is 6.07 Å². The zero-order chi connectivity index (χ0) is 10.4. The van der Waals surface area contributed by atoms with Crippen molar-refractivity contribution >= 4 is 0 Å². The lowest BCUT2D eigenvalue weighted by atomic mass is 10.1. The quantitative estimate of drug-likeness (QED) is 0.539. The second kappa shape index (κ2) is 5.70. The van der Waals surface area contributed by atoms with Crippen LogP contribution in [-0.2, 0) is 11.2 Å². The average molecular weight is 195 g/mol. The van der Waals surface area contributed by atoms with Gasteiger partial charge in [0.2, 0.25) is 0 Å². The smallest absolute Gasteiger partial charge is 0.0867 e. The van der Waals surface area contributed by atoms with E-state index < -0.39 is 0 Å². The van der Waals surface area contributed by atoms with Crippen molar-refractivity contribution in [3.05, 3.63) is 29.6 Å². The van der Waals surface area contributed by atoms with E-state index >= 15 is 0 Å². The van der Waals surface area contributed by atoms with E-state index in [2.05, 4.69) is 23.4 Å². The van der Waals surface area contributed by atoms with Gasteiger partial charge in [-0.3, -0.25) is 10.8 Å². The first-order valence-electron chi connectivity index (χ1n) is 4.72. The van der Waals surface area contributed by atoms with Gasteiger partial charge < -0.3 is 4.74 Å². The van der Waals surface area contributed by atoms with Gasteiger partial charge in [-0.2, -0.15) is 0 Å². The SMILES string of the molecule is CCc1cccnc1C(COC)NN. The van der Waals surface area contributed by atoms with Crippen LogP contribution in [0.4, 0.5) is 0 Å². The molecule has 0 aliphatic carbocycles. The maximum absolute atomic E-state index is 5.44. The van der Waals surface area contributed by atoms with Crippen molar-refractivity contribution in [3.63, 3.8) is 0 Å². The number of ether oxygens (including phenoxy) is 1. The van der Waals surface area contributed by atoms with E-state index in [1.54, 1.807) is 13.3 Å². The number of aryl methyl sites for hydroxylation is 1. The van der Waals surface area contributed by atoms with Gasteiger partial charge in [0.05, 0.1) is 18.3 Å². The molecule has 0 bridgehead atoms. The van der Waals surface area contributed by atoms with Crippen molar-refractivity contribution < 1.29 is 4.74 Å². The fourth-order valence-corrected chi connectivity index (χ4v) is 1.44. The molecule has 1 heterocycles. The third kappa shape index (κ3) is 2.51. The molecule has 0 aliphatic heterocycles. The van der Waals surface area contributed by atoms with E-state index in [9.17, 15) is 0 Å². The third-order valence-electron chi connectivity index (χ3n) is 2.17. The number of rotatable bonds is 5. The number of hydrogen-bond donors (Lipinski definition) is 2. The highest BCUT2D eigenvalue weighted by Gasteiger charge is 2.13. The largest absolute Gasteiger partial charge is 0.383 e. The second-order valence-electron chi connectivity index (χ2n) is 3.08. The molecule has 0 aromatic carbocycles. The third-order valence-corrected chi connectivity index (χ3v) is 2.17. The van der Waals surface area contributed by atoms with Crippen molar-refractivity contribution in [2.45, 2.75) is 19.4 Å². The average Bonchev–Trinajstić information content (AvgIpc) is 2.26. The first-order valence-corrected chi connectivity index (χ1v) is 4.72. The Labute approximate surface area is 84.4 Å². The predicted molar refractivity (Wildman–Crippen MR) is 55.6 cm³/mol. The van der Waals surface area contributed by atoms with Crippen LogP contribution >= 0.6 is 0 Å². The molecule has 14 heavy (non-hydrogen) atoms. The number of pyridine rings is 1. The molecule has 1 rings (SSSR count). The van der Waals surface area contributed by atoms with Crippen molar-refractivity contribution in [2.75, 3.05) is 13.7 Å². The number of nitrogens with one attached hydrogen (secondary N) is 1. The molecule has 1 unspecified atom stereocenters. The highest BCUT2D eigenvalue weighted by Crippen LogP contribution is 2.15.